The van der Waals surface area contributed by atoms with Crippen molar-refractivity contribution in [2.24, 2.45) is 11.3 Å². The molecule has 6 rings (SSSR count). The van der Waals surface area contributed by atoms with Crippen molar-refractivity contribution in [2.45, 2.75) is 97.8 Å². The highest BCUT2D eigenvalue weighted by Gasteiger charge is 2.44. The molecule has 2 aliphatic rings. The van der Waals surface area contributed by atoms with Crippen LogP contribution in [0.25, 0.3) is 21.7 Å². The molecule has 332 valence electrons. The fraction of sp³-hybridized carbons (Fsp3) is 0.500. The van der Waals surface area contributed by atoms with Gasteiger partial charge in [-0.15, -0.1) is 21.5 Å². The van der Waals surface area contributed by atoms with Gasteiger partial charge in [0.1, 0.15) is 11.8 Å². The summed E-state index contributed by atoms with van der Waals surface area (Å²) in [4.78, 5) is 64.6. The number of aromatic nitrogens is 3. The van der Waals surface area contributed by atoms with Crippen LogP contribution in [0.1, 0.15) is 89.9 Å². The van der Waals surface area contributed by atoms with E-state index in [9.17, 15) is 29.4 Å². The van der Waals surface area contributed by atoms with Crippen LogP contribution in [0.5, 0.6) is 5.75 Å². The predicted octanol–water partition coefficient (Wildman–Crippen LogP) is 5.47. The fourth-order valence-corrected chi connectivity index (χ4v) is 9.02. The number of thiazole rings is 1. The lowest BCUT2D eigenvalue weighted by molar-refractivity contribution is -0.144. The van der Waals surface area contributed by atoms with E-state index in [2.05, 4.69) is 30.7 Å². The number of aryl methyl sites for hydroxylation is 1. The van der Waals surface area contributed by atoms with E-state index in [0.29, 0.717) is 62.5 Å². The van der Waals surface area contributed by atoms with E-state index in [-0.39, 0.29) is 54.9 Å². The third kappa shape index (κ3) is 11.4. The smallest absolute Gasteiger partial charge is 0.243 e. The first-order valence-corrected chi connectivity index (χ1v) is 22.5. The molecule has 0 unspecified atom stereocenters. The van der Waals surface area contributed by atoms with Gasteiger partial charge in [0, 0.05) is 64.1 Å². The van der Waals surface area contributed by atoms with Crippen molar-refractivity contribution in [3.05, 3.63) is 71.4 Å². The summed E-state index contributed by atoms with van der Waals surface area (Å²) in [6.07, 6.45) is 3.03. The average molecular weight is 868 g/mol. The van der Waals surface area contributed by atoms with Gasteiger partial charge in [0.2, 0.25) is 23.6 Å². The summed E-state index contributed by atoms with van der Waals surface area (Å²) >= 11 is 1.58. The summed E-state index contributed by atoms with van der Waals surface area (Å²) in [5, 5.41) is 35.2. The Morgan fingerprint density at radius 1 is 0.952 bits per heavy atom. The molecule has 0 bridgehead atoms. The van der Waals surface area contributed by atoms with E-state index in [1.165, 1.54) is 4.90 Å². The summed E-state index contributed by atoms with van der Waals surface area (Å²) in [6.45, 7) is 12.2. The highest BCUT2D eigenvalue weighted by Crippen LogP contribution is 2.34. The zero-order chi connectivity index (χ0) is 44.6. The van der Waals surface area contributed by atoms with Gasteiger partial charge in [-0.1, -0.05) is 70.0 Å². The minimum atomic E-state index is -0.829. The number of aromatic hydroxyl groups is 1. The van der Waals surface area contributed by atoms with Gasteiger partial charge in [-0.05, 0) is 61.4 Å². The molecule has 4 amide bonds. The summed E-state index contributed by atoms with van der Waals surface area (Å²) in [5.41, 5.74) is 12.2. The molecule has 0 spiro atoms. The second-order valence-electron chi connectivity index (χ2n) is 17.5. The number of benzene rings is 2. The number of aliphatic hydroxyl groups is 1. The van der Waals surface area contributed by atoms with Gasteiger partial charge in [-0.3, -0.25) is 19.2 Å². The highest BCUT2D eigenvalue weighted by atomic mass is 32.1. The number of nitrogen functional groups attached to an aromatic ring is 1. The molecule has 4 atom stereocenters. The third-order valence-corrected chi connectivity index (χ3v) is 13.0. The maximum Gasteiger partial charge on any atom is 0.243 e. The highest BCUT2D eigenvalue weighted by molar-refractivity contribution is 7.13. The molecule has 0 saturated carbocycles. The van der Waals surface area contributed by atoms with Crippen LogP contribution in [0.3, 0.4) is 0 Å². The number of nitrogens with two attached hydrogens (primary N) is 1. The first kappa shape index (κ1) is 45.9. The Bertz CT molecular complexity index is 2180. The van der Waals surface area contributed by atoms with E-state index < -0.39 is 23.5 Å². The number of anilines is 2. The number of β-amino-alcohol motifs (C(OH)–C–C–N with tert-alkyl or cyclic N) is 1. The Labute approximate surface area is 368 Å². The monoisotopic (exact) mass is 867 g/mol. The van der Waals surface area contributed by atoms with E-state index >= 15 is 0 Å². The van der Waals surface area contributed by atoms with Gasteiger partial charge < -0.3 is 41.3 Å². The Kier molecular flexibility index (Phi) is 15.2. The fourth-order valence-electron chi connectivity index (χ4n) is 8.21. The van der Waals surface area contributed by atoms with Gasteiger partial charge >= 0.3 is 0 Å². The van der Waals surface area contributed by atoms with Crippen LogP contribution in [-0.2, 0) is 19.2 Å². The van der Waals surface area contributed by atoms with E-state index in [1.54, 1.807) is 29.5 Å². The van der Waals surface area contributed by atoms with Crippen LogP contribution in [0.15, 0.2) is 60.1 Å². The van der Waals surface area contributed by atoms with Crippen LogP contribution in [0.4, 0.5) is 11.5 Å². The molecule has 2 saturated heterocycles. The van der Waals surface area contributed by atoms with Gasteiger partial charge in [0.05, 0.1) is 45.5 Å². The molecule has 16 heteroatoms. The van der Waals surface area contributed by atoms with Crippen molar-refractivity contribution in [1.82, 2.24) is 35.6 Å². The molecule has 0 radical (unpaired) electrons. The molecule has 2 fully saturated rings. The second-order valence-corrected chi connectivity index (χ2v) is 18.4. The molecule has 2 aliphatic heterocycles. The maximum absolute atomic E-state index is 14.1. The number of nitrogens with zero attached hydrogens (tertiary/aromatic N) is 6. The molecule has 15 nitrogen and oxygen atoms in total. The van der Waals surface area contributed by atoms with Crippen molar-refractivity contribution < 1.29 is 29.4 Å². The molecular weight excluding hydrogens is 807 g/mol. The van der Waals surface area contributed by atoms with E-state index in [4.69, 9.17) is 5.73 Å². The van der Waals surface area contributed by atoms with Gasteiger partial charge in [0.25, 0.3) is 0 Å². The Hall–Kier alpha value is -5.61. The Balaban J connectivity index is 0.902. The number of phenolic OH excluding ortho intramolecular Hbond substituents is 1. The van der Waals surface area contributed by atoms with Crippen LogP contribution in [0, 0.1) is 18.3 Å². The number of carbonyl (C=O) groups excluding carboxylic acids is 4. The number of amides is 4. The topological polar surface area (TPSA) is 207 Å². The van der Waals surface area contributed by atoms with Crippen molar-refractivity contribution in [3.8, 4) is 27.4 Å². The zero-order valence-electron chi connectivity index (χ0n) is 36.5. The molecule has 4 heterocycles. The number of hydrogen-bond donors (Lipinski definition) is 5. The minimum Gasteiger partial charge on any atom is -0.507 e. The van der Waals surface area contributed by atoms with Crippen molar-refractivity contribution in [2.75, 3.05) is 49.9 Å². The molecular formula is C46H61N9O6S. The number of hydrogen-bond acceptors (Lipinski definition) is 12. The normalized spacial score (nSPS) is 17.7. The number of carbonyl (C=O) groups is 4. The van der Waals surface area contributed by atoms with Crippen LogP contribution in [0.2, 0.25) is 0 Å². The summed E-state index contributed by atoms with van der Waals surface area (Å²) in [5.74, 6) is -0.848. The number of piperazine rings is 1. The summed E-state index contributed by atoms with van der Waals surface area (Å²) in [6, 6.07) is 15.6. The molecule has 62 heavy (non-hydrogen) atoms. The van der Waals surface area contributed by atoms with Gasteiger partial charge in [-0.25, -0.2) is 4.98 Å². The van der Waals surface area contributed by atoms with Crippen LogP contribution >= 0.6 is 11.3 Å². The number of phenols is 1. The van der Waals surface area contributed by atoms with Crippen LogP contribution < -0.4 is 21.3 Å². The lowest BCUT2D eigenvalue weighted by atomic mass is 9.79. The van der Waals surface area contributed by atoms with Crippen molar-refractivity contribution in [1.29, 1.82) is 0 Å². The van der Waals surface area contributed by atoms with E-state index in [1.807, 2.05) is 81.4 Å². The lowest BCUT2D eigenvalue weighted by Crippen LogP contribution is -2.52. The number of aliphatic hydroxyl groups excluding tert-OH is 1. The standard InChI is InChI=1S/C46H61N9O6S/c1-29(31-16-18-32(19-17-31)42-30(2)49-28-62-42)50-44(60)38-24-33(56)27-55(38)45(61)35(46(3,4)5)26-48-40(58)14-8-6-7-9-15-41(59)54-22-20-53(21-23-54)37-25-36(51-52-43(37)47)34-12-10-11-13-39(34)57/h10-13,16-19,25,28-29,33,35,38,56-57H,6-9,14-15,20-24,26-27H2,1-5H3,(H2,47,52)(H,48,58)(H,50,60)/t29-,33+,35+,38-/m0/s1. The second kappa shape index (κ2) is 20.5. The van der Waals surface area contributed by atoms with Crippen LogP contribution in [-0.4, -0.2) is 110 Å². The first-order chi connectivity index (χ1) is 29.6. The number of likely N-dealkylation sites (tertiary alicyclic amines) is 1. The largest absolute Gasteiger partial charge is 0.507 e. The quantitative estimate of drug-likeness (QED) is 0.0893. The number of rotatable bonds is 16. The van der Waals surface area contributed by atoms with Crippen molar-refractivity contribution >= 4 is 46.5 Å². The molecule has 2 aromatic carbocycles. The molecule has 0 aliphatic carbocycles. The van der Waals surface area contributed by atoms with E-state index in [0.717, 1.165) is 46.6 Å². The van der Waals surface area contributed by atoms with Gasteiger partial charge in [0.15, 0.2) is 5.82 Å². The van der Waals surface area contributed by atoms with Gasteiger partial charge in [-0.2, -0.15) is 0 Å². The third-order valence-electron chi connectivity index (χ3n) is 12.0. The average Bonchev–Trinajstić information content (AvgIpc) is 3.87. The maximum atomic E-state index is 14.1. The molecule has 6 N–H and O–H groups in total. The zero-order valence-corrected chi connectivity index (χ0v) is 37.3. The summed E-state index contributed by atoms with van der Waals surface area (Å²) in [7, 11) is 0. The number of unbranched alkanes of at least 4 members (excludes halogenated alkanes) is 3. The summed E-state index contributed by atoms with van der Waals surface area (Å²) < 4.78 is 0. The first-order valence-electron chi connectivity index (χ1n) is 21.6. The van der Waals surface area contributed by atoms with Crippen molar-refractivity contribution in [3.63, 3.8) is 0 Å². The Morgan fingerprint density at radius 3 is 2.31 bits per heavy atom. The number of para-hydroxylation sites is 1. The minimum absolute atomic E-state index is 0.0502. The number of nitrogens with one attached hydrogen (secondary N) is 2. The predicted molar refractivity (Wildman–Crippen MR) is 241 cm³/mol. The molecule has 4 aromatic rings. The SMILES string of the molecule is Cc1ncsc1-c1ccc([C@H](C)NC(=O)[C@@H]2C[C@@H](O)CN2C(=O)[C@@H](CNC(=O)CCCCCCC(=O)N2CCN(c3cc(-c4ccccc4O)nnc3N)CC2)C(C)(C)C)cc1. The molecule has 2 aromatic heterocycles. The lowest BCUT2D eigenvalue weighted by Gasteiger charge is -2.36. The Morgan fingerprint density at radius 2 is 1.65 bits per heavy atom.